The van der Waals surface area contributed by atoms with Gasteiger partial charge in [-0.2, -0.15) is 23.6 Å². The zero-order valence-electron chi connectivity index (χ0n) is 24.5. The minimum Gasteiger partial charge on any atom is -0.444 e. The van der Waals surface area contributed by atoms with E-state index in [1.807, 2.05) is 13.2 Å². The lowest BCUT2D eigenvalue weighted by molar-refractivity contribution is -0.121. The van der Waals surface area contributed by atoms with E-state index in [2.05, 4.69) is 34.8 Å². The van der Waals surface area contributed by atoms with Crippen LogP contribution in [0.2, 0.25) is 0 Å². The number of ether oxygens (including phenoxy) is 1. The molecular formula is C26H31F2N9O6S. The van der Waals surface area contributed by atoms with Crippen LogP contribution in [-0.4, -0.2) is 86.8 Å². The number of hydrogen-bond donors (Lipinski definition) is 2. The molecule has 0 bridgehead atoms. The second-order valence-corrected chi connectivity index (χ2v) is 12.4. The number of nitrogens with one attached hydrogen (secondary N) is 2. The molecule has 3 aromatic heterocycles. The Hall–Kier alpha value is -4.71. The van der Waals surface area contributed by atoms with E-state index >= 15 is 0 Å². The Labute approximate surface area is 251 Å². The Kier molecular flexibility index (Phi) is 9.43. The van der Waals surface area contributed by atoms with Crippen molar-refractivity contribution < 1.29 is 35.7 Å². The Morgan fingerprint density at radius 1 is 1.16 bits per heavy atom. The van der Waals surface area contributed by atoms with Crippen LogP contribution in [0.25, 0.3) is 11.0 Å². The van der Waals surface area contributed by atoms with E-state index in [1.54, 1.807) is 44.0 Å². The third-order valence-corrected chi connectivity index (χ3v) is 6.40. The van der Waals surface area contributed by atoms with Crippen molar-refractivity contribution >= 4 is 50.5 Å². The van der Waals surface area contributed by atoms with Gasteiger partial charge in [0.1, 0.15) is 12.1 Å². The van der Waals surface area contributed by atoms with Crippen LogP contribution >= 0.6 is 0 Å². The van der Waals surface area contributed by atoms with Gasteiger partial charge in [0, 0.05) is 49.8 Å². The highest BCUT2D eigenvalue weighted by Gasteiger charge is 2.31. The molecule has 0 aliphatic carbocycles. The van der Waals surface area contributed by atoms with Gasteiger partial charge in [-0.3, -0.25) is 23.7 Å². The molecule has 0 saturated carbocycles. The molecule has 5 rings (SSSR count). The molecular weight excluding hydrogens is 604 g/mol. The summed E-state index contributed by atoms with van der Waals surface area (Å²) in [5, 5.41) is 14.7. The summed E-state index contributed by atoms with van der Waals surface area (Å²) in [6.07, 6.45) is 7.09. The Morgan fingerprint density at radius 3 is 2.55 bits per heavy atom. The van der Waals surface area contributed by atoms with Crippen molar-refractivity contribution in [2.45, 2.75) is 33.0 Å². The van der Waals surface area contributed by atoms with Gasteiger partial charge in [-0.05, 0) is 26.8 Å². The zero-order valence-corrected chi connectivity index (χ0v) is 25.4. The van der Waals surface area contributed by atoms with Crippen LogP contribution in [0.15, 0.2) is 36.9 Å². The van der Waals surface area contributed by atoms with Gasteiger partial charge < -0.3 is 15.0 Å². The van der Waals surface area contributed by atoms with Gasteiger partial charge in [0.2, 0.25) is 11.9 Å². The van der Waals surface area contributed by atoms with Gasteiger partial charge in [0.15, 0.2) is 17.3 Å². The van der Waals surface area contributed by atoms with Crippen molar-refractivity contribution in [2.24, 2.45) is 7.05 Å². The lowest BCUT2D eigenvalue weighted by Crippen LogP contribution is -2.53. The molecule has 1 aliphatic rings. The first-order chi connectivity index (χ1) is 20.6. The number of nitrogens with zero attached hydrogens (tertiary/aromatic N) is 7. The lowest BCUT2D eigenvalue weighted by atomic mass is 10.1. The maximum absolute atomic E-state index is 13.9. The summed E-state index contributed by atoms with van der Waals surface area (Å²) in [6.45, 7) is 4.27. The molecule has 0 atom stereocenters. The summed E-state index contributed by atoms with van der Waals surface area (Å²) in [6, 6.07) is 1.98. The predicted molar refractivity (Wildman–Crippen MR) is 154 cm³/mol. The summed E-state index contributed by atoms with van der Waals surface area (Å²) in [4.78, 5) is 35.4. The van der Waals surface area contributed by atoms with Crippen LogP contribution in [0.3, 0.4) is 0 Å². The number of fused-ring (bicyclic) bond motifs is 1. The van der Waals surface area contributed by atoms with Gasteiger partial charge in [0.25, 0.3) is 10.1 Å². The van der Waals surface area contributed by atoms with Crippen LogP contribution in [0.4, 0.5) is 30.9 Å². The Morgan fingerprint density at radius 2 is 1.91 bits per heavy atom. The second kappa shape index (κ2) is 12.9. The molecule has 44 heavy (non-hydrogen) atoms. The number of aromatic nitrogens is 6. The third kappa shape index (κ3) is 8.66. The van der Waals surface area contributed by atoms with E-state index in [1.165, 1.54) is 9.80 Å². The van der Waals surface area contributed by atoms with Crippen LogP contribution in [-0.2, 0) is 37.5 Å². The summed E-state index contributed by atoms with van der Waals surface area (Å²) in [5.41, 5.74) is 0.539. The average Bonchev–Trinajstić information content (AvgIpc) is 3.56. The number of piperazine rings is 1. The molecule has 1 fully saturated rings. The third-order valence-electron chi connectivity index (χ3n) is 5.85. The molecule has 15 nitrogen and oxygen atoms in total. The van der Waals surface area contributed by atoms with Crippen molar-refractivity contribution in [1.29, 1.82) is 0 Å². The molecule has 18 heteroatoms. The van der Waals surface area contributed by atoms with E-state index in [9.17, 15) is 26.8 Å². The van der Waals surface area contributed by atoms with E-state index < -0.39 is 46.0 Å². The summed E-state index contributed by atoms with van der Waals surface area (Å²) < 4.78 is 61.5. The van der Waals surface area contributed by atoms with E-state index in [-0.39, 0.29) is 30.9 Å². The van der Waals surface area contributed by atoms with Crippen LogP contribution < -0.4 is 10.2 Å². The number of aromatic amines is 1. The van der Waals surface area contributed by atoms with Crippen LogP contribution in [0.5, 0.6) is 0 Å². The highest BCUT2D eigenvalue weighted by Crippen LogP contribution is 2.25. The smallest absolute Gasteiger partial charge is 0.410 e. The van der Waals surface area contributed by atoms with Crippen molar-refractivity contribution in [3.05, 3.63) is 54.1 Å². The monoisotopic (exact) mass is 635 g/mol. The molecule has 236 valence electrons. The van der Waals surface area contributed by atoms with Gasteiger partial charge in [-0.1, -0.05) is 0 Å². The van der Waals surface area contributed by atoms with Gasteiger partial charge in [-0.25, -0.2) is 18.6 Å². The molecule has 1 aliphatic heterocycles. The second-order valence-electron chi connectivity index (χ2n) is 10.7. The van der Waals surface area contributed by atoms with E-state index in [0.717, 1.165) is 29.5 Å². The number of hydrogen-bond acceptors (Lipinski definition) is 11. The summed E-state index contributed by atoms with van der Waals surface area (Å²) in [5.74, 6) is -2.50. The summed E-state index contributed by atoms with van der Waals surface area (Å²) >= 11 is 0. The first-order valence-electron chi connectivity index (χ1n) is 13.1. The largest absolute Gasteiger partial charge is 0.444 e. The molecule has 1 aromatic carbocycles. The number of carbonyl (C=O) groups excluding carboxylic acids is 2. The number of H-pyrrole nitrogens is 1. The minimum atomic E-state index is -3.86. The Bertz CT molecular complexity index is 1770. The highest BCUT2D eigenvalue weighted by atomic mass is 32.2. The number of halogens is 2. The van der Waals surface area contributed by atoms with Crippen molar-refractivity contribution in [2.75, 3.05) is 36.1 Å². The molecule has 2 N–H and O–H groups in total. The molecule has 0 unspecified atom stereocenters. The fraction of sp³-hybridized carbons (Fsp3) is 0.385. The maximum atomic E-state index is 13.9. The number of benzene rings is 1. The lowest BCUT2D eigenvalue weighted by Gasteiger charge is -2.35. The molecule has 2 amide bonds. The van der Waals surface area contributed by atoms with Crippen LogP contribution in [0, 0.1) is 11.6 Å². The minimum absolute atomic E-state index is 0.0372. The van der Waals surface area contributed by atoms with Gasteiger partial charge in [-0.15, -0.1) is 0 Å². The number of carbonyl (C=O) groups is 2. The van der Waals surface area contributed by atoms with Crippen molar-refractivity contribution in [1.82, 2.24) is 34.8 Å². The first kappa shape index (κ1) is 32.2. The Balaban J connectivity index is 0.000000231. The molecule has 4 heterocycles. The molecule has 1 saturated heterocycles. The molecule has 4 aromatic rings. The topological polar surface area (TPSA) is 178 Å². The first-order valence-corrected chi connectivity index (χ1v) is 14.9. The molecule has 0 spiro atoms. The SMILES string of the molecule is CC(C)(C)OC(=O)N1CCN(c2cc(F)c(F)c(COS(C)(=O)=O)c2)C(=O)C1.Cn1cc(Nc2ncc3cn[nH]c3n2)cn1. The fourth-order valence-corrected chi connectivity index (χ4v) is 4.24. The number of amides is 2. The van der Waals surface area contributed by atoms with Crippen LogP contribution in [0.1, 0.15) is 26.3 Å². The maximum Gasteiger partial charge on any atom is 0.410 e. The highest BCUT2D eigenvalue weighted by molar-refractivity contribution is 7.85. The summed E-state index contributed by atoms with van der Waals surface area (Å²) in [7, 11) is -2.01. The van der Waals surface area contributed by atoms with Crippen molar-refractivity contribution in [3.8, 4) is 0 Å². The average molecular weight is 636 g/mol. The van der Waals surface area contributed by atoms with E-state index in [4.69, 9.17) is 4.74 Å². The van der Waals surface area contributed by atoms with E-state index in [0.29, 0.717) is 11.6 Å². The van der Waals surface area contributed by atoms with Gasteiger partial charge >= 0.3 is 6.09 Å². The normalized spacial score (nSPS) is 13.9. The standard InChI is InChI=1S/C17H22F2N2O6S.C9H9N7/c1-17(2,3)27-16(23)20-5-6-21(14(22)9-20)12-7-11(10-26-28(4,24)25)15(19)13(18)8-12;1-16-5-7(4-12-16)13-9-10-2-6-3-11-15-8(6)14-9/h7-8H,5-6,9-10H2,1-4H3;2-5H,1H3,(H2,10,11,13,14,15). The number of rotatable bonds is 6. The van der Waals surface area contributed by atoms with Crippen molar-refractivity contribution in [3.63, 3.8) is 0 Å². The predicted octanol–water partition coefficient (Wildman–Crippen LogP) is 2.85. The quantitative estimate of drug-likeness (QED) is 0.298. The number of anilines is 3. The number of aryl methyl sites for hydroxylation is 1. The fourth-order valence-electron chi connectivity index (χ4n) is 3.90. The molecule has 0 radical (unpaired) electrons. The van der Waals surface area contributed by atoms with Gasteiger partial charge in [0.05, 0.1) is 36.3 Å². The zero-order chi connectivity index (χ0) is 32.2.